The minimum absolute atomic E-state index is 0.0931. The molecule has 3 saturated heterocycles. The summed E-state index contributed by atoms with van der Waals surface area (Å²) in [6.45, 7) is 7.75. The highest BCUT2D eigenvalue weighted by Gasteiger charge is 2.47. The van der Waals surface area contributed by atoms with Gasteiger partial charge in [-0.3, -0.25) is 9.69 Å². The molecule has 2 bridgehead atoms. The topological polar surface area (TPSA) is 93.2 Å². The first-order valence-corrected chi connectivity index (χ1v) is 10.6. The van der Waals surface area contributed by atoms with Crippen LogP contribution in [0.5, 0.6) is 0 Å². The number of likely N-dealkylation sites (tertiary alicyclic amines) is 1. The van der Waals surface area contributed by atoms with E-state index in [-0.39, 0.29) is 18.4 Å². The van der Waals surface area contributed by atoms with Crippen molar-refractivity contribution in [3.63, 3.8) is 0 Å². The lowest BCUT2D eigenvalue weighted by atomic mass is 9.71. The summed E-state index contributed by atoms with van der Waals surface area (Å²) in [5.41, 5.74) is 5.74. The average molecular weight is 376 g/mol. The Morgan fingerprint density at radius 3 is 2.81 bits per heavy atom. The molecule has 0 saturated carbocycles. The number of hydrogen-bond donors (Lipinski definition) is 1. The highest BCUT2D eigenvalue weighted by Crippen LogP contribution is 2.42. The lowest BCUT2D eigenvalue weighted by Crippen LogP contribution is -2.64. The first-order valence-electron chi connectivity index (χ1n) is 10.6. The molecule has 1 aromatic rings. The van der Waals surface area contributed by atoms with Crippen LogP contribution in [0.2, 0.25) is 0 Å². The van der Waals surface area contributed by atoms with Gasteiger partial charge in [0, 0.05) is 25.2 Å². The van der Waals surface area contributed by atoms with E-state index in [1.165, 1.54) is 49.8 Å². The molecule has 2 N–H and O–H groups in total. The summed E-state index contributed by atoms with van der Waals surface area (Å²) < 4.78 is 1.40. The number of aromatic nitrogens is 4. The largest absolute Gasteiger partial charge is 0.367 e. The Balaban J connectivity index is 1.49. The van der Waals surface area contributed by atoms with Crippen molar-refractivity contribution in [2.45, 2.75) is 71.0 Å². The molecule has 3 fully saturated rings. The number of carbonyl (C=O) groups excluding carboxylic acids is 1. The molecule has 0 aromatic carbocycles. The predicted molar refractivity (Wildman–Crippen MR) is 103 cm³/mol. The number of fused-ring (bicyclic) bond motifs is 4. The number of rotatable bonds is 5. The fourth-order valence-electron chi connectivity index (χ4n) is 5.57. The molecule has 0 radical (unpaired) electrons. The molecule has 4 atom stereocenters. The summed E-state index contributed by atoms with van der Waals surface area (Å²) in [7, 11) is 0. The second-order valence-electron chi connectivity index (χ2n) is 9.09. The van der Waals surface area contributed by atoms with Crippen LogP contribution in [0.1, 0.15) is 52.4 Å². The van der Waals surface area contributed by atoms with E-state index in [4.69, 9.17) is 5.73 Å². The zero-order valence-electron chi connectivity index (χ0n) is 16.6. The maximum atomic E-state index is 12.9. The van der Waals surface area contributed by atoms with Crippen molar-refractivity contribution in [1.82, 2.24) is 30.0 Å². The van der Waals surface area contributed by atoms with E-state index in [0.29, 0.717) is 23.9 Å². The van der Waals surface area contributed by atoms with Crippen molar-refractivity contribution in [1.29, 1.82) is 0 Å². The van der Waals surface area contributed by atoms with E-state index in [1.807, 2.05) is 0 Å². The van der Waals surface area contributed by atoms with Crippen LogP contribution in [-0.4, -0.2) is 67.6 Å². The monoisotopic (exact) mass is 375 g/mol. The van der Waals surface area contributed by atoms with Gasteiger partial charge >= 0.3 is 0 Å². The summed E-state index contributed by atoms with van der Waals surface area (Å²) in [5.74, 6) is 2.22. The number of anilines is 1. The summed E-state index contributed by atoms with van der Waals surface area (Å²) >= 11 is 0. The molecule has 8 nitrogen and oxygen atoms in total. The number of piperidine rings is 3. The summed E-state index contributed by atoms with van der Waals surface area (Å²) in [5, 5.41) is 11.1. The molecule has 150 valence electrons. The minimum atomic E-state index is 0.0931. The van der Waals surface area contributed by atoms with Crippen LogP contribution in [0.3, 0.4) is 0 Å². The quantitative estimate of drug-likeness (QED) is 0.836. The molecule has 3 aliphatic rings. The Morgan fingerprint density at radius 2 is 2.07 bits per heavy atom. The van der Waals surface area contributed by atoms with Crippen molar-refractivity contribution < 1.29 is 4.79 Å². The van der Waals surface area contributed by atoms with Crippen LogP contribution in [0.4, 0.5) is 5.95 Å². The molecular formula is C19H33N7O. The van der Waals surface area contributed by atoms with Crippen LogP contribution in [0.15, 0.2) is 0 Å². The van der Waals surface area contributed by atoms with Gasteiger partial charge < -0.3 is 10.6 Å². The second kappa shape index (κ2) is 7.73. The minimum Gasteiger partial charge on any atom is -0.367 e. The molecular weight excluding hydrogens is 342 g/mol. The first kappa shape index (κ1) is 18.7. The Labute approximate surface area is 161 Å². The van der Waals surface area contributed by atoms with E-state index in [0.717, 1.165) is 19.0 Å². The maximum absolute atomic E-state index is 12.9. The molecule has 4 rings (SSSR count). The number of nitrogen functional groups attached to an aromatic ring is 1. The second-order valence-corrected chi connectivity index (χ2v) is 9.09. The third kappa shape index (κ3) is 3.81. The Hall–Kier alpha value is -1.70. The third-order valence-electron chi connectivity index (χ3n) is 6.86. The van der Waals surface area contributed by atoms with E-state index < -0.39 is 0 Å². The van der Waals surface area contributed by atoms with Crippen molar-refractivity contribution in [2.75, 3.05) is 25.4 Å². The smallest absolute Gasteiger partial charge is 0.244 e. The van der Waals surface area contributed by atoms with Gasteiger partial charge in [0.1, 0.15) is 6.54 Å². The molecule has 4 heterocycles. The van der Waals surface area contributed by atoms with Gasteiger partial charge in [-0.05, 0) is 66.8 Å². The summed E-state index contributed by atoms with van der Waals surface area (Å²) in [4.78, 5) is 17.8. The zero-order chi connectivity index (χ0) is 19.0. The lowest BCUT2D eigenvalue weighted by molar-refractivity contribution is -0.142. The molecule has 0 aliphatic carbocycles. The summed E-state index contributed by atoms with van der Waals surface area (Å²) in [6.07, 6.45) is 7.75. The number of nitrogens with two attached hydrogens (primary N) is 1. The molecule has 1 amide bonds. The Morgan fingerprint density at radius 1 is 1.26 bits per heavy atom. The number of amides is 1. The van der Waals surface area contributed by atoms with Gasteiger partial charge in [-0.25, -0.2) is 4.68 Å². The maximum Gasteiger partial charge on any atom is 0.244 e. The Kier molecular flexibility index (Phi) is 5.34. The van der Waals surface area contributed by atoms with Gasteiger partial charge in [-0.15, -0.1) is 0 Å². The fraction of sp³-hybridized carbons (Fsp3) is 0.895. The normalized spacial score (nSPS) is 31.1. The van der Waals surface area contributed by atoms with Crippen LogP contribution < -0.4 is 5.73 Å². The van der Waals surface area contributed by atoms with Gasteiger partial charge in [-0.2, -0.15) is 0 Å². The van der Waals surface area contributed by atoms with Crippen LogP contribution in [0, 0.1) is 17.8 Å². The van der Waals surface area contributed by atoms with E-state index in [9.17, 15) is 4.79 Å². The number of tetrazole rings is 1. The van der Waals surface area contributed by atoms with Crippen LogP contribution >= 0.6 is 0 Å². The summed E-state index contributed by atoms with van der Waals surface area (Å²) in [6, 6.07) is 1.28. The van der Waals surface area contributed by atoms with E-state index >= 15 is 0 Å². The standard InChI is InChI=1S/C19H33N7O/c1-13(2)6-7-17-15-9-14(16-5-3-4-8-25(16)17)10-24(11-15)18(27)12-26-19(20)21-22-23-26/h13-17H,3-12H2,1-2H3,(H2,20,21,23)/t14-,15+,16+,17+/m1/s1. The highest BCUT2D eigenvalue weighted by atomic mass is 16.2. The van der Waals surface area contributed by atoms with Crippen LogP contribution in [0.25, 0.3) is 0 Å². The first-order chi connectivity index (χ1) is 13.0. The van der Waals surface area contributed by atoms with Crippen molar-refractivity contribution in [3.05, 3.63) is 0 Å². The van der Waals surface area contributed by atoms with Crippen molar-refractivity contribution in [2.24, 2.45) is 17.8 Å². The highest BCUT2D eigenvalue weighted by molar-refractivity contribution is 5.76. The third-order valence-corrected chi connectivity index (χ3v) is 6.86. The number of hydrogen-bond acceptors (Lipinski definition) is 6. The van der Waals surface area contributed by atoms with Crippen LogP contribution in [-0.2, 0) is 11.3 Å². The molecule has 0 unspecified atom stereocenters. The van der Waals surface area contributed by atoms with E-state index in [1.54, 1.807) is 0 Å². The molecule has 27 heavy (non-hydrogen) atoms. The average Bonchev–Trinajstić information content (AvgIpc) is 3.06. The number of carbonyl (C=O) groups is 1. The van der Waals surface area contributed by atoms with Crippen molar-refractivity contribution >= 4 is 11.9 Å². The predicted octanol–water partition coefficient (Wildman–Crippen LogP) is 1.39. The van der Waals surface area contributed by atoms with Gasteiger partial charge in [0.05, 0.1) is 0 Å². The fourth-order valence-corrected chi connectivity index (χ4v) is 5.57. The number of nitrogens with zero attached hydrogens (tertiary/aromatic N) is 6. The zero-order valence-corrected chi connectivity index (χ0v) is 16.6. The van der Waals surface area contributed by atoms with Gasteiger partial charge in [0.15, 0.2) is 0 Å². The molecule has 3 aliphatic heterocycles. The SMILES string of the molecule is CC(C)CC[C@H]1[C@H]2C[C@H](CN(C(=O)Cn3nnnc3N)C2)[C@@H]2CCCCN21. The lowest BCUT2D eigenvalue weighted by Gasteiger charge is -2.57. The van der Waals surface area contributed by atoms with Gasteiger partial charge in [0.2, 0.25) is 11.9 Å². The van der Waals surface area contributed by atoms with Gasteiger partial charge in [-0.1, -0.05) is 25.4 Å². The molecule has 1 aromatic heterocycles. The molecule has 0 spiro atoms. The van der Waals surface area contributed by atoms with Gasteiger partial charge in [0.25, 0.3) is 0 Å². The van der Waals surface area contributed by atoms with Crippen molar-refractivity contribution in [3.8, 4) is 0 Å². The molecule has 8 heteroatoms. The Bertz CT molecular complexity index is 660. The van der Waals surface area contributed by atoms with E-state index in [2.05, 4.69) is 39.2 Å².